The summed E-state index contributed by atoms with van der Waals surface area (Å²) in [4.78, 5) is 11.7. The van der Waals surface area contributed by atoms with Gasteiger partial charge in [0.1, 0.15) is 0 Å². The summed E-state index contributed by atoms with van der Waals surface area (Å²) in [7, 11) is 0. The Hall–Kier alpha value is -0.530. The molecule has 140 valence electrons. The van der Waals surface area contributed by atoms with E-state index in [1.54, 1.807) is 0 Å². The number of fused-ring (bicyclic) bond motifs is 5. The zero-order valence-corrected chi connectivity index (χ0v) is 16.3. The summed E-state index contributed by atoms with van der Waals surface area (Å²) in [5.41, 5.74) is 1.13. The Morgan fingerprint density at radius 2 is 1.64 bits per heavy atom. The smallest absolute Gasteiger partial charge is 0.306 e. The van der Waals surface area contributed by atoms with Gasteiger partial charge in [0.2, 0.25) is 0 Å². The second-order valence-corrected chi connectivity index (χ2v) is 10.8. The number of carbonyl (C=O) groups is 1. The molecule has 0 bridgehead atoms. The molecule has 0 radical (unpaired) electrons. The fraction of sp³-hybridized carbons (Fsp3) is 0.957. The van der Waals surface area contributed by atoms with E-state index in [0.717, 1.165) is 29.6 Å². The van der Waals surface area contributed by atoms with Crippen molar-refractivity contribution in [3.8, 4) is 0 Å². The fourth-order valence-corrected chi connectivity index (χ4v) is 8.90. The summed E-state index contributed by atoms with van der Waals surface area (Å²) in [5, 5.41) is 0. The average Bonchev–Trinajstić information content (AvgIpc) is 3.16. The predicted molar refractivity (Wildman–Crippen MR) is 98.9 cm³/mol. The van der Waals surface area contributed by atoms with Crippen LogP contribution in [0, 0.1) is 46.3 Å². The maximum atomic E-state index is 11.7. The van der Waals surface area contributed by atoms with Crippen molar-refractivity contribution in [2.24, 2.45) is 46.3 Å². The quantitative estimate of drug-likeness (QED) is 0.579. The van der Waals surface area contributed by atoms with Crippen molar-refractivity contribution in [3.63, 3.8) is 0 Å². The number of hydrogen-bond acceptors (Lipinski definition) is 2. The zero-order valence-electron chi connectivity index (χ0n) is 16.3. The van der Waals surface area contributed by atoms with Crippen molar-refractivity contribution in [1.29, 1.82) is 0 Å². The SMILES string of the molecule is C[C@]12CC[C@H]3[C@@H](CC[C@@H]4CCCC[C@@]43C)[C@H]1CC[C@@H]2[C@@H]1COC(=O)C1. The highest BCUT2D eigenvalue weighted by Crippen LogP contribution is 2.68. The highest BCUT2D eigenvalue weighted by molar-refractivity contribution is 5.71. The molecule has 5 rings (SSSR count). The van der Waals surface area contributed by atoms with Crippen LogP contribution in [0.25, 0.3) is 0 Å². The third-order valence-corrected chi connectivity index (χ3v) is 10.1. The molecular formula is C23H36O2. The molecule has 0 spiro atoms. The molecule has 25 heavy (non-hydrogen) atoms. The van der Waals surface area contributed by atoms with E-state index in [4.69, 9.17) is 4.74 Å². The molecule has 0 amide bonds. The van der Waals surface area contributed by atoms with Crippen LogP contribution in [0.5, 0.6) is 0 Å². The lowest BCUT2D eigenvalue weighted by molar-refractivity contribution is -0.137. The highest BCUT2D eigenvalue weighted by atomic mass is 16.5. The lowest BCUT2D eigenvalue weighted by Crippen LogP contribution is -2.53. The Bertz CT molecular complexity index is 556. The molecule has 0 aromatic carbocycles. The lowest BCUT2D eigenvalue weighted by atomic mass is 9.44. The van der Waals surface area contributed by atoms with E-state index in [2.05, 4.69) is 13.8 Å². The zero-order chi connectivity index (χ0) is 17.2. The van der Waals surface area contributed by atoms with Gasteiger partial charge >= 0.3 is 5.97 Å². The topological polar surface area (TPSA) is 26.3 Å². The van der Waals surface area contributed by atoms with Gasteiger partial charge < -0.3 is 4.74 Å². The van der Waals surface area contributed by atoms with Crippen LogP contribution < -0.4 is 0 Å². The van der Waals surface area contributed by atoms with Crippen molar-refractivity contribution >= 4 is 5.97 Å². The lowest BCUT2D eigenvalue weighted by Gasteiger charge is -2.60. The Balaban J connectivity index is 1.40. The number of carbonyl (C=O) groups excluding carboxylic acids is 1. The largest absolute Gasteiger partial charge is 0.465 e. The van der Waals surface area contributed by atoms with Crippen LogP contribution in [0.4, 0.5) is 0 Å². The van der Waals surface area contributed by atoms with Gasteiger partial charge in [-0.25, -0.2) is 0 Å². The Kier molecular flexibility index (Phi) is 3.81. The fourth-order valence-electron chi connectivity index (χ4n) is 8.90. The third kappa shape index (κ3) is 2.31. The van der Waals surface area contributed by atoms with Gasteiger partial charge in [-0.05, 0) is 91.8 Å². The van der Waals surface area contributed by atoms with E-state index in [1.807, 2.05) is 0 Å². The van der Waals surface area contributed by atoms with Gasteiger partial charge in [0.15, 0.2) is 0 Å². The number of hydrogen-bond donors (Lipinski definition) is 0. The van der Waals surface area contributed by atoms with Gasteiger partial charge in [-0.2, -0.15) is 0 Å². The number of esters is 1. The molecular weight excluding hydrogens is 308 g/mol. The van der Waals surface area contributed by atoms with Crippen molar-refractivity contribution in [2.75, 3.05) is 6.61 Å². The van der Waals surface area contributed by atoms with Crippen LogP contribution in [0.2, 0.25) is 0 Å². The second kappa shape index (κ2) is 5.73. The molecule has 4 saturated carbocycles. The van der Waals surface area contributed by atoms with Gasteiger partial charge in [0, 0.05) is 5.92 Å². The predicted octanol–water partition coefficient (Wildman–Crippen LogP) is 5.60. The standard InChI is InChI=1S/C23H36O2/c1-22-11-4-3-5-16(22)6-7-17-19-9-8-18(15-13-21(24)25-14-15)23(19,2)12-10-20(17)22/h15-20H,3-14H2,1-2H3/t15-,16-,17-,18+,19+,20-,22-,23+/m0/s1. The molecule has 1 heterocycles. The summed E-state index contributed by atoms with van der Waals surface area (Å²) in [6, 6.07) is 0. The summed E-state index contributed by atoms with van der Waals surface area (Å²) >= 11 is 0. The molecule has 1 saturated heterocycles. The van der Waals surface area contributed by atoms with E-state index in [-0.39, 0.29) is 5.97 Å². The minimum Gasteiger partial charge on any atom is -0.465 e. The molecule has 2 nitrogen and oxygen atoms in total. The van der Waals surface area contributed by atoms with Crippen LogP contribution in [0.1, 0.15) is 84.5 Å². The summed E-state index contributed by atoms with van der Waals surface area (Å²) in [6.45, 7) is 5.98. The minimum atomic E-state index is 0.0564. The summed E-state index contributed by atoms with van der Waals surface area (Å²) in [5.74, 6) is 5.21. The molecule has 2 heteroatoms. The van der Waals surface area contributed by atoms with E-state index in [1.165, 1.54) is 64.2 Å². The van der Waals surface area contributed by atoms with Gasteiger partial charge in [-0.15, -0.1) is 0 Å². The first-order valence-corrected chi connectivity index (χ1v) is 11.2. The van der Waals surface area contributed by atoms with E-state index in [9.17, 15) is 4.79 Å². The van der Waals surface area contributed by atoms with Gasteiger partial charge in [-0.1, -0.05) is 26.7 Å². The van der Waals surface area contributed by atoms with Crippen molar-refractivity contribution in [2.45, 2.75) is 84.5 Å². The molecule has 0 aromatic rings. The number of ether oxygens (including phenoxy) is 1. The third-order valence-electron chi connectivity index (χ3n) is 10.1. The minimum absolute atomic E-state index is 0.0564. The molecule has 0 unspecified atom stereocenters. The first kappa shape index (κ1) is 16.6. The number of rotatable bonds is 1. The van der Waals surface area contributed by atoms with Crippen molar-refractivity contribution in [3.05, 3.63) is 0 Å². The molecule has 5 fully saturated rings. The molecule has 5 aliphatic rings. The highest BCUT2D eigenvalue weighted by Gasteiger charge is 2.60. The molecule has 0 N–H and O–H groups in total. The van der Waals surface area contributed by atoms with Gasteiger partial charge in [0.25, 0.3) is 0 Å². The Labute approximate surface area is 153 Å². The van der Waals surface area contributed by atoms with Crippen LogP contribution in [0.15, 0.2) is 0 Å². The first-order chi connectivity index (χ1) is 12.0. The van der Waals surface area contributed by atoms with Crippen LogP contribution >= 0.6 is 0 Å². The maximum absolute atomic E-state index is 11.7. The normalized spacial score (nSPS) is 55.2. The average molecular weight is 345 g/mol. The Morgan fingerprint density at radius 3 is 2.44 bits per heavy atom. The van der Waals surface area contributed by atoms with Gasteiger partial charge in [-0.3, -0.25) is 4.79 Å². The first-order valence-electron chi connectivity index (χ1n) is 11.2. The monoisotopic (exact) mass is 344 g/mol. The summed E-state index contributed by atoms with van der Waals surface area (Å²) in [6.07, 6.45) is 15.3. The maximum Gasteiger partial charge on any atom is 0.306 e. The molecule has 0 aromatic heterocycles. The summed E-state index contributed by atoms with van der Waals surface area (Å²) < 4.78 is 5.36. The Morgan fingerprint density at radius 1 is 0.840 bits per heavy atom. The van der Waals surface area contributed by atoms with E-state index < -0.39 is 0 Å². The van der Waals surface area contributed by atoms with Crippen molar-refractivity contribution < 1.29 is 9.53 Å². The van der Waals surface area contributed by atoms with E-state index in [0.29, 0.717) is 29.8 Å². The molecule has 8 atom stereocenters. The molecule has 4 aliphatic carbocycles. The van der Waals surface area contributed by atoms with Crippen LogP contribution in [-0.2, 0) is 9.53 Å². The van der Waals surface area contributed by atoms with Gasteiger partial charge in [0.05, 0.1) is 13.0 Å². The van der Waals surface area contributed by atoms with Crippen LogP contribution in [-0.4, -0.2) is 12.6 Å². The second-order valence-electron chi connectivity index (χ2n) is 10.8. The molecule has 1 aliphatic heterocycles. The van der Waals surface area contributed by atoms with Crippen molar-refractivity contribution in [1.82, 2.24) is 0 Å². The van der Waals surface area contributed by atoms with Crippen LogP contribution in [0.3, 0.4) is 0 Å². The number of cyclic esters (lactones) is 1. The van der Waals surface area contributed by atoms with E-state index >= 15 is 0 Å².